The molecule has 0 aliphatic rings. The average Bonchev–Trinajstić information content (AvgIpc) is 3.21. The van der Waals surface area contributed by atoms with Crippen molar-refractivity contribution in [1.29, 1.82) is 5.26 Å². The number of aromatic nitrogens is 3. The van der Waals surface area contributed by atoms with Crippen LogP contribution in [0.5, 0.6) is 17.2 Å². The number of hydrogen-bond donors (Lipinski definition) is 2. The first-order valence-corrected chi connectivity index (χ1v) is 8.66. The van der Waals surface area contributed by atoms with E-state index in [1.807, 2.05) is 0 Å². The van der Waals surface area contributed by atoms with E-state index in [1.165, 1.54) is 0 Å². The first kappa shape index (κ1) is 19.7. The van der Waals surface area contributed by atoms with E-state index in [9.17, 15) is 4.79 Å². The van der Waals surface area contributed by atoms with Crippen molar-refractivity contribution >= 4 is 11.9 Å². The minimum Gasteiger partial charge on any atom is -0.497 e. The van der Waals surface area contributed by atoms with Gasteiger partial charge >= 0.3 is 0 Å². The number of benzene rings is 2. The van der Waals surface area contributed by atoms with Crippen LogP contribution in [0.4, 0.5) is 5.95 Å². The summed E-state index contributed by atoms with van der Waals surface area (Å²) in [4.78, 5) is 16.4. The number of nitrogens with zero attached hydrogens (tertiary/aromatic N) is 3. The molecule has 2 aromatic carbocycles. The Morgan fingerprint density at radius 3 is 2.59 bits per heavy atom. The first-order chi connectivity index (χ1) is 14.1. The summed E-state index contributed by atoms with van der Waals surface area (Å²) in [6, 6.07) is 14.3. The van der Waals surface area contributed by atoms with Gasteiger partial charge in [0.1, 0.15) is 17.2 Å². The normalized spacial score (nSPS) is 10.1. The van der Waals surface area contributed by atoms with E-state index in [0.29, 0.717) is 35.1 Å². The van der Waals surface area contributed by atoms with Gasteiger partial charge in [-0.25, -0.2) is 0 Å². The topological polar surface area (TPSA) is 122 Å². The minimum atomic E-state index is -0.404. The largest absolute Gasteiger partial charge is 0.497 e. The third-order valence-electron chi connectivity index (χ3n) is 3.98. The van der Waals surface area contributed by atoms with Crippen LogP contribution in [0.15, 0.2) is 42.5 Å². The van der Waals surface area contributed by atoms with Gasteiger partial charge in [-0.2, -0.15) is 10.2 Å². The Balaban J connectivity index is 1.60. The zero-order valence-electron chi connectivity index (χ0n) is 15.9. The molecule has 0 saturated carbocycles. The second-order valence-corrected chi connectivity index (χ2v) is 5.89. The maximum absolute atomic E-state index is 12.1. The second kappa shape index (κ2) is 9.23. The van der Waals surface area contributed by atoms with Crippen LogP contribution >= 0.6 is 0 Å². The zero-order valence-corrected chi connectivity index (χ0v) is 15.9. The number of rotatable bonds is 8. The summed E-state index contributed by atoms with van der Waals surface area (Å²) in [6.07, 6.45) is 0.326. The Kier molecular flexibility index (Phi) is 6.27. The molecule has 1 aromatic heterocycles. The summed E-state index contributed by atoms with van der Waals surface area (Å²) in [5, 5.41) is 18.0. The van der Waals surface area contributed by atoms with Gasteiger partial charge < -0.3 is 14.2 Å². The van der Waals surface area contributed by atoms with E-state index in [4.69, 9.17) is 19.5 Å². The van der Waals surface area contributed by atoms with Crippen molar-refractivity contribution in [3.05, 3.63) is 48.0 Å². The molecule has 2 N–H and O–H groups in total. The molecule has 0 fully saturated rings. The van der Waals surface area contributed by atoms with E-state index in [2.05, 4.69) is 26.6 Å². The summed E-state index contributed by atoms with van der Waals surface area (Å²) in [6.45, 7) is -0.201. The van der Waals surface area contributed by atoms with E-state index < -0.39 is 5.91 Å². The van der Waals surface area contributed by atoms with E-state index in [1.54, 1.807) is 56.7 Å². The van der Waals surface area contributed by atoms with Crippen LogP contribution in [0.3, 0.4) is 0 Å². The van der Waals surface area contributed by atoms with Crippen molar-refractivity contribution in [1.82, 2.24) is 15.2 Å². The average molecular weight is 393 g/mol. The van der Waals surface area contributed by atoms with E-state index in [-0.39, 0.29) is 12.6 Å². The van der Waals surface area contributed by atoms with Gasteiger partial charge in [0, 0.05) is 6.07 Å². The molecule has 9 heteroatoms. The molecule has 9 nitrogen and oxygen atoms in total. The maximum Gasteiger partial charge on any atom is 0.264 e. The number of H-pyrrole nitrogens is 1. The van der Waals surface area contributed by atoms with Crippen molar-refractivity contribution < 1.29 is 19.0 Å². The highest BCUT2D eigenvalue weighted by Gasteiger charge is 2.14. The highest BCUT2D eigenvalue weighted by atomic mass is 16.5. The number of methoxy groups -OCH3 is 2. The van der Waals surface area contributed by atoms with Gasteiger partial charge in [-0.1, -0.05) is 12.1 Å². The summed E-state index contributed by atoms with van der Waals surface area (Å²) in [5.74, 6) is 1.89. The third kappa shape index (κ3) is 5.01. The predicted molar refractivity (Wildman–Crippen MR) is 105 cm³/mol. The Hall–Kier alpha value is -4.06. The molecule has 148 valence electrons. The lowest BCUT2D eigenvalue weighted by atomic mass is 10.2. The third-order valence-corrected chi connectivity index (χ3v) is 3.98. The molecular formula is C20H19N5O4. The van der Waals surface area contributed by atoms with Crippen molar-refractivity contribution in [3.8, 4) is 34.7 Å². The number of amides is 1. The van der Waals surface area contributed by atoms with Crippen LogP contribution in [0.25, 0.3) is 11.4 Å². The smallest absolute Gasteiger partial charge is 0.264 e. The van der Waals surface area contributed by atoms with Crippen LogP contribution in [-0.4, -0.2) is 41.9 Å². The number of hydrogen-bond acceptors (Lipinski definition) is 7. The number of carbonyl (C=O) groups excluding carboxylic acids is 1. The lowest BCUT2D eigenvalue weighted by Crippen LogP contribution is -2.20. The number of ether oxygens (including phenoxy) is 3. The molecule has 0 bridgehead atoms. The Labute approximate surface area is 167 Å². The van der Waals surface area contributed by atoms with Crippen LogP contribution < -0.4 is 19.5 Å². The number of aromatic amines is 1. The van der Waals surface area contributed by atoms with Gasteiger partial charge in [-0.15, -0.1) is 5.10 Å². The fraction of sp³-hybridized carbons (Fsp3) is 0.200. The molecule has 29 heavy (non-hydrogen) atoms. The van der Waals surface area contributed by atoms with Gasteiger partial charge in [0.15, 0.2) is 12.4 Å². The Morgan fingerprint density at radius 1 is 1.14 bits per heavy atom. The Bertz CT molecular complexity index is 1020. The molecule has 0 saturated heterocycles. The van der Waals surface area contributed by atoms with Crippen LogP contribution in [0.1, 0.15) is 5.56 Å². The molecule has 0 aliphatic carbocycles. The van der Waals surface area contributed by atoms with Crippen LogP contribution in [0.2, 0.25) is 0 Å². The zero-order chi connectivity index (χ0) is 20.6. The van der Waals surface area contributed by atoms with Crippen molar-refractivity contribution in [2.45, 2.75) is 6.42 Å². The highest BCUT2D eigenvalue weighted by molar-refractivity contribution is 5.90. The van der Waals surface area contributed by atoms with Crippen molar-refractivity contribution in [2.75, 3.05) is 26.1 Å². The SMILES string of the molecule is COc1ccc(-c2nc(NC(=O)COc3ccc(CC#N)cc3)n[nH]2)c(OC)c1. The van der Waals surface area contributed by atoms with Gasteiger partial charge in [0.2, 0.25) is 5.95 Å². The lowest BCUT2D eigenvalue weighted by molar-refractivity contribution is -0.118. The maximum atomic E-state index is 12.1. The number of nitriles is 1. The molecule has 0 unspecified atom stereocenters. The predicted octanol–water partition coefficient (Wildman–Crippen LogP) is 2.57. The van der Waals surface area contributed by atoms with Gasteiger partial charge in [-0.3, -0.25) is 15.2 Å². The molecule has 3 rings (SSSR count). The molecule has 3 aromatic rings. The number of nitrogens with one attached hydrogen (secondary N) is 2. The quantitative estimate of drug-likeness (QED) is 0.603. The molecule has 0 aliphatic heterocycles. The molecule has 0 atom stereocenters. The summed E-state index contributed by atoms with van der Waals surface area (Å²) < 4.78 is 16.0. The minimum absolute atomic E-state index is 0.121. The molecule has 1 amide bonds. The fourth-order valence-corrected chi connectivity index (χ4v) is 2.54. The van der Waals surface area contributed by atoms with Crippen molar-refractivity contribution in [3.63, 3.8) is 0 Å². The Morgan fingerprint density at radius 2 is 1.90 bits per heavy atom. The second-order valence-electron chi connectivity index (χ2n) is 5.89. The van der Waals surface area contributed by atoms with Crippen molar-refractivity contribution in [2.24, 2.45) is 0 Å². The summed E-state index contributed by atoms with van der Waals surface area (Å²) in [7, 11) is 3.11. The van der Waals surface area contributed by atoms with Crippen LogP contribution in [-0.2, 0) is 11.2 Å². The molecular weight excluding hydrogens is 374 g/mol. The van der Waals surface area contributed by atoms with Gasteiger partial charge in [0.25, 0.3) is 5.91 Å². The molecule has 1 heterocycles. The number of carbonyl (C=O) groups is 1. The monoisotopic (exact) mass is 393 g/mol. The first-order valence-electron chi connectivity index (χ1n) is 8.66. The number of anilines is 1. The summed E-state index contributed by atoms with van der Waals surface area (Å²) in [5.41, 5.74) is 1.56. The highest BCUT2D eigenvalue weighted by Crippen LogP contribution is 2.31. The lowest BCUT2D eigenvalue weighted by Gasteiger charge is -2.08. The summed E-state index contributed by atoms with van der Waals surface area (Å²) >= 11 is 0. The standard InChI is InChI=1S/C20H19N5O4/c1-27-15-7-8-16(17(11-15)28-2)19-23-20(25-24-19)22-18(26)12-29-14-5-3-13(4-6-14)9-10-21/h3-8,11H,9,12H2,1-2H3,(H2,22,23,24,25,26). The van der Waals surface area contributed by atoms with Gasteiger partial charge in [0.05, 0.1) is 32.3 Å². The van der Waals surface area contributed by atoms with Gasteiger partial charge in [-0.05, 0) is 29.8 Å². The van der Waals surface area contributed by atoms with Crippen LogP contribution in [0, 0.1) is 11.3 Å². The fourth-order valence-electron chi connectivity index (χ4n) is 2.54. The van der Waals surface area contributed by atoms with E-state index in [0.717, 1.165) is 5.56 Å². The molecule has 0 radical (unpaired) electrons. The van der Waals surface area contributed by atoms with E-state index >= 15 is 0 Å². The molecule has 0 spiro atoms.